The molecule has 4 nitrogen and oxygen atoms in total. The number of nitrogens with one attached hydrogen (secondary N) is 1. The number of hydrogen-bond acceptors (Lipinski definition) is 2. The number of hydrogen-bond donors (Lipinski definition) is 2. The maximum atomic E-state index is 13.5. The van der Waals surface area contributed by atoms with E-state index in [1.807, 2.05) is 11.6 Å². The van der Waals surface area contributed by atoms with Crippen LogP contribution in [0.15, 0.2) is 24.3 Å². The Morgan fingerprint density at radius 2 is 1.96 bits per heavy atom. The lowest BCUT2D eigenvalue weighted by molar-refractivity contribution is -0.171. The molecular formula is C22H27FN2O2. The molecule has 3 atom stereocenters. The van der Waals surface area contributed by atoms with Gasteiger partial charge in [0.05, 0.1) is 5.60 Å². The van der Waals surface area contributed by atoms with Crippen LogP contribution in [0.3, 0.4) is 0 Å². The van der Waals surface area contributed by atoms with Crippen LogP contribution in [0, 0.1) is 23.1 Å². The Labute approximate surface area is 158 Å². The first kappa shape index (κ1) is 17.2. The fourth-order valence-electron chi connectivity index (χ4n) is 6.75. The molecule has 2 N–H and O–H groups in total. The standard InChI is InChI=1S/C22H27FN2O2/c1-13(21-8-14-5-15(9-21)11-22(27,10-14)12-21)24-20(26)19-7-16-6-17(23)3-4-18(16)25(19)2/h3-4,6-7,13-15,27H,5,8-12H2,1-2H3,(H,24,26). The molecule has 0 saturated heterocycles. The van der Waals surface area contributed by atoms with Gasteiger partial charge in [-0.2, -0.15) is 0 Å². The molecule has 2 aromatic rings. The molecule has 27 heavy (non-hydrogen) atoms. The third kappa shape index (κ3) is 2.62. The summed E-state index contributed by atoms with van der Waals surface area (Å²) >= 11 is 0. The van der Waals surface area contributed by atoms with Gasteiger partial charge < -0.3 is 15.0 Å². The minimum atomic E-state index is -0.528. The van der Waals surface area contributed by atoms with Crippen LogP contribution in [-0.2, 0) is 7.05 Å². The molecule has 144 valence electrons. The van der Waals surface area contributed by atoms with Crippen LogP contribution in [0.5, 0.6) is 0 Å². The van der Waals surface area contributed by atoms with Crippen LogP contribution in [0.2, 0.25) is 0 Å². The van der Waals surface area contributed by atoms with Crippen molar-refractivity contribution in [1.82, 2.24) is 9.88 Å². The summed E-state index contributed by atoms with van der Waals surface area (Å²) in [6, 6.07) is 6.36. The lowest BCUT2D eigenvalue weighted by Crippen LogP contribution is -2.61. The van der Waals surface area contributed by atoms with E-state index in [0.717, 1.165) is 43.0 Å². The summed E-state index contributed by atoms with van der Waals surface area (Å²) in [5.41, 5.74) is 0.870. The molecule has 1 heterocycles. The Kier molecular flexibility index (Phi) is 3.55. The van der Waals surface area contributed by atoms with Crippen molar-refractivity contribution in [3.05, 3.63) is 35.8 Å². The van der Waals surface area contributed by atoms with Crippen molar-refractivity contribution in [2.24, 2.45) is 24.3 Å². The molecule has 3 unspecified atom stereocenters. The monoisotopic (exact) mass is 370 g/mol. The smallest absolute Gasteiger partial charge is 0.268 e. The van der Waals surface area contributed by atoms with Gasteiger partial charge in [-0.25, -0.2) is 4.39 Å². The lowest BCUT2D eigenvalue weighted by Gasteiger charge is -2.62. The maximum Gasteiger partial charge on any atom is 0.268 e. The number of carbonyl (C=O) groups is 1. The zero-order chi connectivity index (χ0) is 19.0. The molecule has 0 aliphatic heterocycles. The molecule has 0 radical (unpaired) electrons. The van der Waals surface area contributed by atoms with E-state index >= 15 is 0 Å². The topological polar surface area (TPSA) is 54.3 Å². The van der Waals surface area contributed by atoms with E-state index in [2.05, 4.69) is 12.2 Å². The number of rotatable bonds is 3. The van der Waals surface area contributed by atoms with E-state index in [-0.39, 0.29) is 23.2 Å². The predicted molar refractivity (Wildman–Crippen MR) is 102 cm³/mol. The second-order valence-electron chi connectivity index (χ2n) is 9.53. The predicted octanol–water partition coefficient (Wildman–Crippen LogP) is 3.77. The van der Waals surface area contributed by atoms with Gasteiger partial charge in [0.15, 0.2) is 0 Å². The van der Waals surface area contributed by atoms with Crippen molar-refractivity contribution in [3.8, 4) is 0 Å². The molecule has 4 aliphatic rings. The van der Waals surface area contributed by atoms with Crippen LogP contribution < -0.4 is 5.32 Å². The summed E-state index contributed by atoms with van der Waals surface area (Å²) in [6.07, 6.45) is 6.11. The first-order valence-electron chi connectivity index (χ1n) is 10.1. The summed E-state index contributed by atoms with van der Waals surface area (Å²) in [6.45, 7) is 2.09. The van der Waals surface area contributed by atoms with Crippen molar-refractivity contribution in [2.45, 2.75) is 57.1 Å². The van der Waals surface area contributed by atoms with Gasteiger partial charge in [-0.15, -0.1) is 0 Å². The molecule has 1 amide bonds. The lowest BCUT2D eigenvalue weighted by atomic mass is 9.46. The molecule has 6 rings (SSSR count). The summed E-state index contributed by atoms with van der Waals surface area (Å²) in [7, 11) is 1.84. The minimum Gasteiger partial charge on any atom is -0.390 e. The van der Waals surface area contributed by atoms with Crippen molar-refractivity contribution in [3.63, 3.8) is 0 Å². The average Bonchev–Trinajstić information content (AvgIpc) is 2.88. The van der Waals surface area contributed by atoms with Crippen molar-refractivity contribution in [2.75, 3.05) is 0 Å². The number of aliphatic hydroxyl groups is 1. The quantitative estimate of drug-likeness (QED) is 0.864. The van der Waals surface area contributed by atoms with Gasteiger partial charge in [-0.1, -0.05) is 0 Å². The highest BCUT2D eigenvalue weighted by atomic mass is 19.1. The van der Waals surface area contributed by atoms with Gasteiger partial charge >= 0.3 is 0 Å². The summed E-state index contributed by atoms with van der Waals surface area (Å²) < 4.78 is 15.3. The summed E-state index contributed by atoms with van der Waals surface area (Å²) in [5.74, 6) is 0.770. The molecule has 4 aliphatic carbocycles. The number of nitrogens with zero attached hydrogens (tertiary/aromatic N) is 1. The maximum absolute atomic E-state index is 13.5. The molecule has 4 fully saturated rings. The third-order valence-electron chi connectivity index (χ3n) is 7.58. The molecule has 5 heteroatoms. The number of carbonyl (C=O) groups excluding carboxylic acids is 1. The second kappa shape index (κ2) is 5.57. The number of halogens is 1. The van der Waals surface area contributed by atoms with E-state index in [0.29, 0.717) is 17.5 Å². The first-order chi connectivity index (χ1) is 12.8. The van der Waals surface area contributed by atoms with Gasteiger partial charge in [0.1, 0.15) is 11.5 Å². The van der Waals surface area contributed by atoms with E-state index < -0.39 is 5.60 Å². The molecule has 4 saturated carbocycles. The number of benzene rings is 1. The van der Waals surface area contributed by atoms with Crippen LogP contribution in [-0.4, -0.2) is 27.2 Å². The fraction of sp³-hybridized carbons (Fsp3) is 0.591. The normalized spacial score (nSPS) is 35.6. The van der Waals surface area contributed by atoms with Crippen molar-refractivity contribution in [1.29, 1.82) is 0 Å². The Balaban J connectivity index is 1.41. The van der Waals surface area contributed by atoms with Gasteiger partial charge in [0.2, 0.25) is 0 Å². The van der Waals surface area contributed by atoms with E-state index in [9.17, 15) is 14.3 Å². The van der Waals surface area contributed by atoms with Crippen LogP contribution in [0.4, 0.5) is 4.39 Å². The van der Waals surface area contributed by atoms with Crippen LogP contribution in [0.25, 0.3) is 10.9 Å². The first-order valence-corrected chi connectivity index (χ1v) is 10.1. The van der Waals surface area contributed by atoms with Gasteiger partial charge in [0.25, 0.3) is 5.91 Å². The van der Waals surface area contributed by atoms with E-state index in [4.69, 9.17) is 0 Å². The van der Waals surface area contributed by atoms with Gasteiger partial charge in [0, 0.05) is 24.0 Å². The van der Waals surface area contributed by atoms with E-state index in [1.165, 1.54) is 18.6 Å². The molecule has 1 aromatic carbocycles. The minimum absolute atomic E-state index is 0.00515. The highest BCUT2D eigenvalue weighted by Gasteiger charge is 2.59. The number of fused-ring (bicyclic) bond motifs is 1. The Morgan fingerprint density at radius 3 is 2.63 bits per heavy atom. The number of aromatic nitrogens is 1. The largest absolute Gasteiger partial charge is 0.390 e. The van der Waals surface area contributed by atoms with Gasteiger partial charge in [-0.05, 0) is 87.0 Å². The van der Waals surface area contributed by atoms with Crippen LogP contribution >= 0.6 is 0 Å². The zero-order valence-corrected chi connectivity index (χ0v) is 16.0. The Hall–Kier alpha value is -1.88. The average molecular weight is 370 g/mol. The van der Waals surface area contributed by atoms with Crippen LogP contribution in [0.1, 0.15) is 55.9 Å². The fourth-order valence-corrected chi connectivity index (χ4v) is 6.75. The Morgan fingerprint density at radius 1 is 1.26 bits per heavy atom. The zero-order valence-electron chi connectivity index (χ0n) is 16.0. The third-order valence-corrected chi connectivity index (χ3v) is 7.58. The van der Waals surface area contributed by atoms with E-state index in [1.54, 1.807) is 12.1 Å². The van der Waals surface area contributed by atoms with Crippen molar-refractivity contribution < 1.29 is 14.3 Å². The highest BCUT2D eigenvalue weighted by molar-refractivity contribution is 5.98. The molecule has 4 bridgehead atoms. The summed E-state index contributed by atoms with van der Waals surface area (Å²) in [4.78, 5) is 13.0. The summed E-state index contributed by atoms with van der Waals surface area (Å²) in [5, 5.41) is 14.9. The van der Waals surface area contributed by atoms with Gasteiger partial charge in [-0.3, -0.25) is 4.79 Å². The SMILES string of the molecule is CC(NC(=O)c1cc2cc(F)ccc2n1C)C12CC3CC(CC(O)(C3)C1)C2. The molecule has 0 spiro atoms. The highest BCUT2D eigenvalue weighted by Crippen LogP contribution is 2.62. The molecule has 1 aromatic heterocycles. The number of aryl methyl sites for hydroxylation is 1. The molecular weight excluding hydrogens is 343 g/mol. The second-order valence-corrected chi connectivity index (χ2v) is 9.53. The Bertz CT molecular complexity index is 920. The number of amides is 1. The van der Waals surface area contributed by atoms with Crippen molar-refractivity contribution >= 4 is 16.8 Å².